The Kier molecular flexibility index (Phi) is 8.19. The quantitative estimate of drug-likeness (QED) is 0.281. The van der Waals surface area contributed by atoms with Gasteiger partial charge in [-0.3, -0.25) is 0 Å². The van der Waals surface area contributed by atoms with Crippen LogP contribution in [-0.2, 0) is 19.3 Å². The van der Waals surface area contributed by atoms with Crippen LogP contribution in [0.4, 0.5) is 0 Å². The number of allylic oxidation sites excluding steroid dienone is 8. The van der Waals surface area contributed by atoms with Gasteiger partial charge in [0.05, 0.1) is 11.4 Å². The highest BCUT2D eigenvalue weighted by Gasteiger charge is 2.26. The van der Waals surface area contributed by atoms with Gasteiger partial charge in [-0.1, -0.05) is 55.4 Å². The summed E-state index contributed by atoms with van der Waals surface area (Å²) in [4.78, 5) is 18.2. The van der Waals surface area contributed by atoms with E-state index in [0.29, 0.717) is 11.8 Å². The van der Waals surface area contributed by atoms with Crippen LogP contribution in [0, 0.1) is 20.8 Å². The SMILES string of the molecule is CCC1=C(C)/C2=C/c3[nH]c(c(CCCl)c3C)/C=c3\[nH]/c(c(C)c3CCCl)=C\c3[n-]c(c(CC)c3C)C(=C3C=CC=C3)C1=N2. The topological polar surface area (TPSA) is 58.0 Å². The van der Waals surface area contributed by atoms with E-state index in [1.165, 1.54) is 44.5 Å². The lowest BCUT2D eigenvalue weighted by Gasteiger charge is -2.20. The molecule has 5 heterocycles. The zero-order valence-electron chi connectivity index (χ0n) is 25.9. The largest absolute Gasteiger partial charge is 0.657 e. The summed E-state index contributed by atoms with van der Waals surface area (Å²) in [7, 11) is 0. The Hall–Kier alpha value is -3.47. The number of nitrogens with one attached hydrogen (secondary N) is 2. The average molecular weight is 611 g/mol. The zero-order valence-corrected chi connectivity index (χ0v) is 27.4. The van der Waals surface area contributed by atoms with Crippen LogP contribution >= 0.6 is 23.2 Å². The number of H-pyrrole nitrogens is 2. The van der Waals surface area contributed by atoms with Crippen molar-refractivity contribution in [3.63, 3.8) is 0 Å². The second-order valence-corrected chi connectivity index (χ2v) is 12.3. The summed E-state index contributed by atoms with van der Waals surface area (Å²) in [5.41, 5.74) is 18.3. The fourth-order valence-electron chi connectivity index (χ4n) is 6.84. The number of aromatic nitrogens is 3. The second-order valence-electron chi connectivity index (χ2n) is 11.6. The van der Waals surface area contributed by atoms with Gasteiger partial charge in [-0.2, -0.15) is 0 Å². The second kappa shape index (κ2) is 11.9. The van der Waals surface area contributed by atoms with Crippen molar-refractivity contribution in [2.75, 3.05) is 11.8 Å². The van der Waals surface area contributed by atoms with Crippen molar-refractivity contribution < 1.29 is 0 Å². The third-order valence-electron chi connectivity index (χ3n) is 9.28. The molecular weight excluding hydrogens is 571 g/mol. The van der Waals surface area contributed by atoms with Gasteiger partial charge in [-0.15, -0.1) is 34.6 Å². The highest BCUT2D eigenvalue weighted by molar-refractivity contribution is 6.35. The highest BCUT2D eigenvalue weighted by atomic mass is 35.5. The molecule has 43 heavy (non-hydrogen) atoms. The smallest absolute Gasteiger partial charge is 0.0738 e. The van der Waals surface area contributed by atoms with E-state index in [1.54, 1.807) is 0 Å². The van der Waals surface area contributed by atoms with E-state index in [2.05, 4.69) is 94.0 Å². The van der Waals surface area contributed by atoms with Crippen LogP contribution in [0.2, 0.25) is 0 Å². The molecule has 0 aromatic carbocycles. The van der Waals surface area contributed by atoms with Crippen LogP contribution in [0.3, 0.4) is 0 Å². The molecule has 8 bridgehead atoms. The number of hydrogen-bond donors (Lipinski definition) is 2. The normalized spacial score (nSPS) is 18.6. The van der Waals surface area contributed by atoms with Gasteiger partial charge in [0.15, 0.2) is 0 Å². The van der Waals surface area contributed by atoms with Crippen LogP contribution in [0.15, 0.2) is 51.7 Å². The standard InChI is InChI=1S/C37H39Cl2N4/c1-7-25-20(3)31-17-29-22(5)27(13-15-38)33(40-29)19-34-28(14-16-39)23(6)30(41-34)18-32-21(4)26(8-2)37(43-32)35(36(25)42-31)24-11-9-10-12-24/h9-12,17-19,40-41H,7-8,13-16H2,1-6H3/q-1/b29-17-,32-18-,33-19-. The van der Waals surface area contributed by atoms with Gasteiger partial charge in [0.2, 0.25) is 0 Å². The van der Waals surface area contributed by atoms with E-state index < -0.39 is 0 Å². The van der Waals surface area contributed by atoms with E-state index in [0.717, 1.165) is 81.7 Å². The van der Waals surface area contributed by atoms with E-state index >= 15 is 0 Å². The molecule has 3 aliphatic rings. The summed E-state index contributed by atoms with van der Waals surface area (Å²) in [6.45, 7) is 13.2. The van der Waals surface area contributed by atoms with Crippen molar-refractivity contribution >= 4 is 52.7 Å². The molecule has 3 aromatic rings. The minimum atomic E-state index is 0.551. The number of halogens is 2. The average Bonchev–Trinajstić information content (AvgIpc) is 3.79. The van der Waals surface area contributed by atoms with E-state index in [4.69, 9.17) is 33.2 Å². The Bertz CT molecular complexity index is 1930. The molecule has 4 nitrogen and oxygen atoms in total. The summed E-state index contributed by atoms with van der Waals surface area (Å²) in [5.74, 6) is 1.10. The third-order valence-corrected chi connectivity index (χ3v) is 9.66. The first kappa shape index (κ1) is 29.6. The van der Waals surface area contributed by atoms with Gasteiger partial charge in [0.1, 0.15) is 0 Å². The molecule has 0 spiro atoms. The van der Waals surface area contributed by atoms with Crippen molar-refractivity contribution in [2.24, 2.45) is 4.99 Å². The monoisotopic (exact) mass is 609 g/mol. The molecule has 0 saturated heterocycles. The van der Waals surface area contributed by atoms with Gasteiger partial charge in [0, 0.05) is 33.8 Å². The number of hydrogen-bond acceptors (Lipinski definition) is 1. The lowest BCUT2D eigenvalue weighted by Crippen LogP contribution is -2.13. The van der Waals surface area contributed by atoms with E-state index in [9.17, 15) is 0 Å². The van der Waals surface area contributed by atoms with E-state index in [1.807, 2.05) is 0 Å². The minimum Gasteiger partial charge on any atom is -0.657 e. The maximum atomic E-state index is 6.33. The maximum Gasteiger partial charge on any atom is 0.0738 e. The Labute approximate surface area is 264 Å². The number of aromatic amines is 2. The van der Waals surface area contributed by atoms with Crippen LogP contribution in [0.1, 0.15) is 83.3 Å². The maximum absolute atomic E-state index is 6.33. The predicted octanol–water partition coefficient (Wildman–Crippen LogP) is 7.42. The fourth-order valence-corrected chi connectivity index (χ4v) is 7.22. The van der Waals surface area contributed by atoms with E-state index in [-0.39, 0.29) is 0 Å². The predicted molar refractivity (Wildman–Crippen MR) is 184 cm³/mol. The Balaban J connectivity index is 1.77. The molecule has 2 aliphatic heterocycles. The first-order valence-corrected chi connectivity index (χ1v) is 16.4. The lowest BCUT2D eigenvalue weighted by molar-refractivity contribution is 1.10. The summed E-state index contributed by atoms with van der Waals surface area (Å²) in [6.07, 6.45) is 18.6. The van der Waals surface area contributed by atoms with Crippen molar-refractivity contribution in [3.8, 4) is 0 Å². The van der Waals surface area contributed by atoms with Gasteiger partial charge in [-0.05, 0) is 110 Å². The molecule has 0 unspecified atom stereocenters. The van der Waals surface area contributed by atoms with Crippen molar-refractivity contribution in [3.05, 3.63) is 114 Å². The fraction of sp³-hybridized carbons (Fsp3) is 0.324. The summed E-state index contributed by atoms with van der Waals surface area (Å²) in [5, 5.41) is 2.14. The number of rotatable bonds is 6. The lowest BCUT2D eigenvalue weighted by atomic mass is 9.90. The summed E-state index contributed by atoms with van der Waals surface area (Å²) >= 11 is 12.7. The molecule has 6 rings (SSSR count). The molecule has 0 saturated carbocycles. The van der Waals surface area contributed by atoms with Crippen LogP contribution in [0.25, 0.3) is 23.8 Å². The molecule has 6 heteroatoms. The number of nitrogens with zero attached hydrogens (tertiary/aromatic N) is 2. The molecule has 2 N–H and O–H groups in total. The molecule has 0 atom stereocenters. The molecule has 0 radical (unpaired) electrons. The van der Waals surface area contributed by atoms with Gasteiger partial charge in [0.25, 0.3) is 0 Å². The molecular formula is C37H39Cl2N4-. The zero-order chi connectivity index (χ0) is 30.4. The van der Waals surface area contributed by atoms with Crippen LogP contribution in [-0.4, -0.2) is 27.4 Å². The first-order valence-electron chi connectivity index (χ1n) is 15.3. The Morgan fingerprint density at radius 3 is 2.14 bits per heavy atom. The molecule has 0 amide bonds. The number of alkyl halides is 2. The van der Waals surface area contributed by atoms with Crippen molar-refractivity contribution in [2.45, 2.75) is 67.2 Å². The number of fused-ring (bicyclic) bond motifs is 7. The number of aliphatic imine (C=N–C) groups is 1. The third kappa shape index (κ3) is 4.99. The molecule has 1 aliphatic carbocycles. The van der Waals surface area contributed by atoms with Gasteiger partial charge >= 0.3 is 0 Å². The van der Waals surface area contributed by atoms with Crippen LogP contribution < -0.4 is 15.7 Å². The first-order chi connectivity index (χ1) is 20.8. The molecule has 0 fully saturated rings. The Morgan fingerprint density at radius 1 is 0.744 bits per heavy atom. The minimum absolute atomic E-state index is 0.551. The van der Waals surface area contributed by atoms with Crippen LogP contribution in [0.5, 0.6) is 0 Å². The van der Waals surface area contributed by atoms with Gasteiger partial charge < -0.3 is 15.0 Å². The van der Waals surface area contributed by atoms with Gasteiger partial charge in [-0.25, -0.2) is 4.99 Å². The summed E-state index contributed by atoms with van der Waals surface area (Å²) < 4.78 is 0. The summed E-state index contributed by atoms with van der Waals surface area (Å²) in [6, 6.07) is 0. The molecule has 3 aromatic heterocycles. The Morgan fingerprint density at radius 2 is 1.47 bits per heavy atom. The van der Waals surface area contributed by atoms with Crippen molar-refractivity contribution in [1.82, 2.24) is 15.0 Å². The highest BCUT2D eigenvalue weighted by Crippen LogP contribution is 2.39. The van der Waals surface area contributed by atoms with Crippen molar-refractivity contribution in [1.29, 1.82) is 0 Å². The molecule has 222 valence electrons.